The Morgan fingerprint density at radius 3 is 1.22 bits per heavy atom. The van der Waals surface area contributed by atoms with Crippen LogP contribution in [-0.4, -0.2) is 186 Å². The van der Waals surface area contributed by atoms with E-state index in [0.29, 0.717) is 59.1 Å². The van der Waals surface area contributed by atoms with Crippen molar-refractivity contribution in [3.05, 3.63) is 85.2 Å². The first kappa shape index (κ1) is 67.2. The van der Waals surface area contributed by atoms with Gasteiger partial charge in [0.1, 0.15) is 19.7 Å². The molecule has 0 radical (unpaired) electrons. The van der Waals surface area contributed by atoms with Crippen LogP contribution in [0.3, 0.4) is 0 Å². The number of nitrogens with zero attached hydrogens (tertiary/aromatic N) is 2. The SMILES string of the molecule is CS(=O)(=O)CC1CSSCC(CS(=O)(=O)O)SS1.CS(=O)(=O)CCOCC1CSSCC(COCCS(=O)(=O)O)SS1.CS(=O)(=O)c1ccc(-c2ncc(-c3ccc(-c4cnc(-c5ccc(S(=O)(=O)O)cc5)o4)cc3)o2)cc1. The van der Waals surface area contributed by atoms with Crippen LogP contribution in [0.25, 0.3) is 45.6 Å². The van der Waals surface area contributed by atoms with Crippen molar-refractivity contribution in [2.45, 2.75) is 30.8 Å². The van der Waals surface area contributed by atoms with E-state index >= 15 is 0 Å². The molecule has 3 aromatic carbocycles. The average molecular weight is 1350 g/mol. The van der Waals surface area contributed by atoms with Gasteiger partial charge in [0.05, 0.1) is 71.6 Å². The van der Waals surface area contributed by atoms with Gasteiger partial charge in [0.2, 0.25) is 11.8 Å². The molecule has 2 fully saturated rings. The largest absolute Gasteiger partial charge is 0.436 e. The second-order valence-corrected chi connectivity index (χ2v) is 38.7. The third-order valence-electron chi connectivity index (χ3n) is 9.81. The zero-order chi connectivity index (χ0) is 57.4. The fourth-order valence-corrected chi connectivity index (χ4v) is 24.8. The zero-order valence-electron chi connectivity index (χ0n) is 41.4. The maximum atomic E-state index is 11.6. The Balaban J connectivity index is 0.000000232. The minimum Gasteiger partial charge on any atom is -0.436 e. The minimum atomic E-state index is -4.27. The lowest BCUT2D eigenvalue weighted by Gasteiger charge is -2.23. The van der Waals surface area contributed by atoms with E-state index < -0.39 is 65.6 Å². The van der Waals surface area contributed by atoms with Crippen molar-refractivity contribution in [3.8, 4) is 45.6 Å². The smallest absolute Gasteiger partial charge is 0.294 e. The number of aromatic nitrogens is 2. The fourth-order valence-electron chi connectivity index (χ4n) is 6.10. The lowest BCUT2D eigenvalue weighted by Crippen LogP contribution is -2.23. The van der Waals surface area contributed by atoms with E-state index in [9.17, 15) is 50.5 Å². The predicted molar refractivity (Wildman–Crippen MR) is 320 cm³/mol. The van der Waals surface area contributed by atoms with Crippen LogP contribution in [-0.2, 0) is 69.3 Å². The second kappa shape index (κ2) is 30.8. The van der Waals surface area contributed by atoms with Crippen LogP contribution >= 0.6 is 86.4 Å². The number of rotatable bonds is 20. The summed E-state index contributed by atoms with van der Waals surface area (Å²) in [5.74, 6) is 4.31. The highest BCUT2D eigenvalue weighted by Crippen LogP contribution is 2.43. The average Bonchev–Trinajstić information content (AvgIpc) is 4.03. The molecule has 2 aliphatic heterocycles. The Hall–Kier alpha value is -1.62. The highest BCUT2D eigenvalue weighted by molar-refractivity contribution is 8.80. The summed E-state index contributed by atoms with van der Waals surface area (Å²) in [7, 11) is -8.88. The monoisotopic (exact) mass is 1350 g/mol. The van der Waals surface area contributed by atoms with Gasteiger partial charge in [-0.25, -0.2) is 35.2 Å². The summed E-state index contributed by atoms with van der Waals surface area (Å²) < 4.78 is 182. The standard InChI is InChI=1S/C25H18N2O7S2.C11H22O7S6.C7H14O5S6/c1-35(28,29)20-10-6-18(7-11-20)24-26-14-22(33-24)16-2-4-17(5-3-16)23-15-27-25(34-23)19-8-12-21(13-9-19)36(30,31)32;1-23(12,13)4-2-17-6-10-8-19-20-9-11(22-21-10)7-18-3-5-24(14,15)16;1-17(8,9)4-6-2-13-14-3-7(16-15-6)5-18(10,11)12/h2-15H,1H3,(H,30,31,32);10-11H,2-9H2,1H3,(H,14,15,16);6-7H,2-5H2,1H3,(H,10,11,12). The normalized spacial score (nSPS) is 19.2. The van der Waals surface area contributed by atoms with Crippen LogP contribution in [0.5, 0.6) is 0 Å². The molecule has 2 aromatic heterocycles. The second-order valence-electron chi connectivity index (χ2n) is 16.9. The van der Waals surface area contributed by atoms with Gasteiger partial charge in [-0.2, -0.15) is 25.3 Å². The summed E-state index contributed by atoms with van der Waals surface area (Å²) in [6, 6.07) is 19.2. The van der Waals surface area contributed by atoms with E-state index in [2.05, 4.69) is 9.97 Å². The van der Waals surface area contributed by atoms with Gasteiger partial charge in [-0.1, -0.05) is 111 Å². The molecule has 78 heavy (non-hydrogen) atoms. The van der Waals surface area contributed by atoms with Crippen LogP contribution in [0.4, 0.5) is 0 Å². The summed E-state index contributed by atoms with van der Waals surface area (Å²) in [6.45, 7) is 1.11. The van der Waals surface area contributed by atoms with E-state index in [1.165, 1.54) is 81.3 Å². The van der Waals surface area contributed by atoms with Crippen molar-refractivity contribution >= 4 is 146 Å². The maximum Gasteiger partial charge on any atom is 0.294 e. The molecule has 2 saturated heterocycles. The molecule has 0 spiro atoms. The molecule has 35 heteroatoms. The third kappa shape index (κ3) is 25.9. The first-order chi connectivity index (χ1) is 36.4. The lowest BCUT2D eigenvalue weighted by atomic mass is 10.1. The maximum absolute atomic E-state index is 11.6. The molecule has 21 nitrogen and oxygen atoms in total. The van der Waals surface area contributed by atoms with Crippen LogP contribution in [0, 0.1) is 0 Å². The zero-order valence-corrected chi connectivity index (χ0v) is 52.8. The topological polar surface area (TPSA) is 336 Å². The molecule has 4 atom stereocenters. The molecule has 3 N–H and O–H groups in total. The van der Waals surface area contributed by atoms with Crippen LogP contribution in [0.15, 0.2) is 104 Å². The Bertz CT molecular complexity index is 3170. The Kier molecular flexibility index (Phi) is 26.5. The van der Waals surface area contributed by atoms with Gasteiger partial charge in [-0.15, -0.1) is 0 Å². The molecule has 0 amide bonds. The lowest BCUT2D eigenvalue weighted by molar-refractivity contribution is 0.152. The van der Waals surface area contributed by atoms with Gasteiger partial charge in [-0.05, 0) is 48.5 Å². The van der Waals surface area contributed by atoms with Crippen molar-refractivity contribution in [2.75, 3.05) is 91.2 Å². The van der Waals surface area contributed by atoms with E-state index in [1.54, 1.807) is 78.5 Å². The molecule has 0 aliphatic carbocycles. The van der Waals surface area contributed by atoms with Crippen LogP contribution in [0.1, 0.15) is 0 Å². The molecular formula is C43H54N2O19S14. The molecule has 4 unspecified atom stereocenters. The minimum absolute atomic E-state index is 0.0175. The van der Waals surface area contributed by atoms with Gasteiger partial charge in [-0.3, -0.25) is 13.7 Å². The van der Waals surface area contributed by atoms with Gasteiger partial charge in [0.15, 0.2) is 21.4 Å². The molecule has 0 bridgehead atoms. The fraction of sp³-hybridized carbons (Fsp3) is 0.442. The number of oxazole rings is 2. The summed E-state index contributed by atoms with van der Waals surface area (Å²) in [6.07, 6.45) is 6.70. The number of benzene rings is 3. The molecule has 0 saturated carbocycles. The molecule has 2 aliphatic rings. The molecular weight excluding hydrogens is 1300 g/mol. The molecule has 4 heterocycles. The van der Waals surface area contributed by atoms with Gasteiger partial charge in [0.25, 0.3) is 30.4 Å². The summed E-state index contributed by atoms with van der Waals surface area (Å²) in [4.78, 5) is 8.55. The third-order valence-corrected chi connectivity index (χ3v) is 28.1. The Labute approximate surface area is 486 Å². The van der Waals surface area contributed by atoms with Crippen molar-refractivity contribution < 1.29 is 82.5 Å². The number of hydrogen-bond acceptors (Lipinski definition) is 26. The molecule has 7 rings (SSSR count). The van der Waals surface area contributed by atoms with E-state index in [1.807, 2.05) is 24.3 Å². The van der Waals surface area contributed by atoms with Gasteiger partial charge < -0.3 is 18.3 Å². The molecule has 434 valence electrons. The first-order valence-corrected chi connectivity index (χ1v) is 42.5. The van der Waals surface area contributed by atoms with Gasteiger partial charge >= 0.3 is 0 Å². The number of hydrogen-bond donors (Lipinski definition) is 3. The van der Waals surface area contributed by atoms with Crippen molar-refractivity contribution in [2.24, 2.45) is 0 Å². The first-order valence-electron chi connectivity index (χ1n) is 22.3. The highest BCUT2D eigenvalue weighted by Gasteiger charge is 2.26. The predicted octanol–water partition coefficient (Wildman–Crippen LogP) is 7.88. The summed E-state index contributed by atoms with van der Waals surface area (Å²) in [5.41, 5.74) is 2.77. The van der Waals surface area contributed by atoms with Crippen molar-refractivity contribution in [1.29, 1.82) is 0 Å². The Morgan fingerprint density at radius 2 is 0.846 bits per heavy atom. The number of sulfone groups is 3. The van der Waals surface area contributed by atoms with Crippen LogP contribution < -0.4 is 0 Å². The van der Waals surface area contributed by atoms with E-state index in [-0.39, 0.29) is 61.3 Å². The number of ether oxygens (including phenoxy) is 2. The quantitative estimate of drug-likeness (QED) is 0.0379. The summed E-state index contributed by atoms with van der Waals surface area (Å²) in [5, 5.41) is 0.206. The highest BCUT2D eigenvalue weighted by atomic mass is 33.1. The van der Waals surface area contributed by atoms with Crippen molar-refractivity contribution in [1.82, 2.24) is 9.97 Å². The molecule has 5 aromatic rings. The Morgan fingerprint density at radius 1 is 0.474 bits per heavy atom. The van der Waals surface area contributed by atoms with E-state index in [0.717, 1.165) is 28.9 Å². The van der Waals surface area contributed by atoms with E-state index in [4.69, 9.17) is 32.0 Å². The summed E-state index contributed by atoms with van der Waals surface area (Å²) >= 11 is 0. The van der Waals surface area contributed by atoms with Gasteiger partial charge in [0, 0.05) is 85.0 Å². The van der Waals surface area contributed by atoms with Crippen molar-refractivity contribution in [3.63, 3.8) is 0 Å². The van der Waals surface area contributed by atoms with Crippen LogP contribution in [0.2, 0.25) is 0 Å².